The van der Waals surface area contributed by atoms with Crippen LogP contribution in [0.5, 0.6) is 0 Å². The third kappa shape index (κ3) is 1.69. The smallest absolute Gasteiger partial charge is 0.241 e. The molecular formula is C12H17N3O. The molecule has 2 N–H and O–H groups in total. The minimum Gasteiger partial charge on any atom is -0.334 e. The van der Waals surface area contributed by atoms with Crippen molar-refractivity contribution in [1.29, 1.82) is 0 Å². The number of amides is 1. The molecule has 1 aromatic heterocycles. The number of pyridine rings is 1. The Hall–Kier alpha value is -1.42. The fourth-order valence-corrected chi connectivity index (χ4v) is 1.81. The predicted molar refractivity (Wildman–Crippen MR) is 61.5 cm³/mol. The van der Waals surface area contributed by atoms with E-state index in [4.69, 9.17) is 0 Å². The number of hydrogen-bond acceptors (Lipinski definition) is 3. The molecule has 0 spiro atoms. The Bertz CT molecular complexity index is 391. The van der Waals surface area contributed by atoms with Gasteiger partial charge >= 0.3 is 0 Å². The fraction of sp³-hybridized carbons (Fsp3) is 0.500. The van der Waals surface area contributed by atoms with Crippen LogP contribution in [0.1, 0.15) is 32.6 Å². The summed E-state index contributed by atoms with van der Waals surface area (Å²) in [5.74, 6) is 0.277. The maximum absolute atomic E-state index is 11.9. The first kappa shape index (κ1) is 11.1. The van der Waals surface area contributed by atoms with Crippen molar-refractivity contribution in [2.75, 3.05) is 0 Å². The maximum atomic E-state index is 11.9. The molecule has 0 aromatic carbocycles. The lowest BCUT2D eigenvalue weighted by atomic mass is 9.89. The van der Waals surface area contributed by atoms with Gasteiger partial charge in [-0.25, -0.2) is 0 Å². The van der Waals surface area contributed by atoms with Gasteiger partial charge in [-0.1, -0.05) is 19.9 Å². The van der Waals surface area contributed by atoms with Gasteiger partial charge in [0, 0.05) is 6.20 Å². The molecule has 16 heavy (non-hydrogen) atoms. The molecule has 4 nitrogen and oxygen atoms in total. The van der Waals surface area contributed by atoms with E-state index >= 15 is 0 Å². The average molecular weight is 219 g/mol. The van der Waals surface area contributed by atoms with E-state index in [2.05, 4.69) is 15.6 Å². The van der Waals surface area contributed by atoms with E-state index in [1.165, 1.54) is 0 Å². The van der Waals surface area contributed by atoms with E-state index in [1.807, 2.05) is 39.0 Å². The van der Waals surface area contributed by atoms with Crippen molar-refractivity contribution >= 4 is 5.91 Å². The Morgan fingerprint density at radius 3 is 2.69 bits per heavy atom. The summed E-state index contributed by atoms with van der Waals surface area (Å²) in [5.41, 5.74) is 0.336. The number of carbonyl (C=O) groups excluding carboxylic acids is 1. The number of carbonyl (C=O) groups is 1. The number of nitrogens with one attached hydrogen (secondary N) is 2. The molecule has 0 bridgehead atoms. The Morgan fingerprint density at radius 2 is 2.19 bits per heavy atom. The van der Waals surface area contributed by atoms with Crippen molar-refractivity contribution in [2.45, 2.75) is 32.5 Å². The second kappa shape index (κ2) is 3.87. The molecule has 0 aliphatic carbocycles. The number of hydrogen-bond donors (Lipinski definition) is 2. The number of nitrogens with zero attached hydrogens (tertiary/aromatic N) is 1. The first-order valence-corrected chi connectivity index (χ1v) is 5.53. The topological polar surface area (TPSA) is 54.0 Å². The zero-order valence-corrected chi connectivity index (χ0v) is 9.82. The van der Waals surface area contributed by atoms with Crippen LogP contribution in [0.2, 0.25) is 0 Å². The van der Waals surface area contributed by atoms with E-state index in [9.17, 15) is 4.79 Å². The van der Waals surface area contributed by atoms with Gasteiger partial charge in [-0.05, 0) is 25.0 Å². The zero-order chi connectivity index (χ0) is 11.8. The molecule has 1 aliphatic rings. The van der Waals surface area contributed by atoms with Crippen molar-refractivity contribution < 1.29 is 4.79 Å². The third-order valence-corrected chi connectivity index (χ3v) is 3.33. The summed E-state index contributed by atoms with van der Waals surface area (Å²) in [4.78, 5) is 16.2. The van der Waals surface area contributed by atoms with Crippen LogP contribution < -0.4 is 10.6 Å². The largest absolute Gasteiger partial charge is 0.334 e. The van der Waals surface area contributed by atoms with Gasteiger partial charge in [-0.2, -0.15) is 0 Å². The average Bonchev–Trinajstić information content (AvgIpc) is 2.58. The molecule has 1 amide bonds. The highest BCUT2D eigenvalue weighted by molar-refractivity contribution is 5.88. The molecule has 1 saturated heterocycles. The van der Waals surface area contributed by atoms with Crippen LogP contribution in [0.3, 0.4) is 0 Å². The molecule has 2 heterocycles. The maximum Gasteiger partial charge on any atom is 0.241 e. The molecule has 1 aromatic rings. The van der Waals surface area contributed by atoms with Crippen LogP contribution in [0.15, 0.2) is 24.4 Å². The first-order chi connectivity index (χ1) is 7.54. The van der Waals surface area contributed by atoms with Gasteiger partial charge in [0.2, 0.25) is 5.91 Å². The molecule has 2 rings (SSSR count). The van der Waals surface area contributed by atoms with E-state index in [0.29, 0.717) is 0 Å². The molecule has 4 heteroatoms. The van der Waals surface area contributed by atoms with E-state index in [1.54, 1.807) is 6.20 Å². The Morgan fingerprint density at radius 1 is 1.44 bits per heavy atom. The molecule has 1 aliphatic heterocycles. The minimum atomic E-state index is -0.512. The van der Waals surface area contributed by atoms with Crippen molar-refractivity contribution in [2.24, 2.45) is 5.92 Å². The summed E-state index contributed by atoms with van der Waals surface area (Å²) in [7, 11) is 0. The fourth-order valence-electron chi connectivity index (χ4n) is 1.81. The predicted octanol–water partition coefficient (Wildman–Crippen LogP) is 1.21. The van der Waals surface area contributed by atoms with Crippen LogP contribution >= 0.6 is 0 Å². The van der Waals surface area contributed by atoms with Gasteiger partial charge in [0.05, 0.1) is 11.2 Å². The summed E-state index contributed by atoms with van der Waals surface area (Å²) in [6.45, 7) is 6.00. The monoisotopic (exact) mass is 219 g/mol. The Balaban J connectivity index is 2.22. The van der Waals surface area contributed by atoms with E-state index in [0.717, 1.165) is 5.69 Å². The molecule has 0 unspecified atom stereocenters. The van der Waals surface area contributed by atoms with Gasteiger partial charge in [0.15, 0.2) is 0 Å². The van der Waals surface area contributed by atoms with Gasteiger partial charge in [0.25, 0.3) is 0 Å². The summed E-state index contributed by atoms with van der Waals surface area (Å²) < 4.78 is 0. The van der Waals surface area contributed by atoms with Crippen molar-refractivity contribution in [3.05, 3.63) is 30.1 Å². The summed E-state index contributed by atoms with van der Waals surface area (Å²) >= 11 is 0. The quantitative estimate of drug-likeness (QED) is 0.786. The van der Waals surface area contributed by atoms with Crippen LogP contribution in [0.4, 0.5) is 0 Å². The second-order valence-electron chi connectivity index (χ2n) is 4.66. The highest BCUT2D eigenvalue weighted by atomic mass is 16.2. The van der Waals surface area contributed by atoms with Gasteiger partial charge in [-0.3, -0.25) is 15.1 Å². The van der Waals surface area contributed by atoms with Gasteiger partial charge < -0.3 is 5.32 Å². The molecule has 86 valence electrons. The first-order valence-electron chi connectivity index (χ1n) is 5.53. The second-order valence-corrected chi connectivity index (χ2v) is 4.66. The number of aromatic nitrogens is 1. The molecule has 0 radical (unpaired) electrons. The van der Waals surface area contributed by atoms with Gasteiger partial charge in [0.1, 0.15) is 6.17 Å². The van der Waals surface area contributed by atoms with Crippen molar-refractivity contribution in [3.63, 3.8) is 0 Å². The van der Waals surface area contributed by atoms with E-state index < -0.39 is 5.54 Å². The summed E-state index contributed by atoms with van der Waals surface area (Å²) in [5, 5.41) is 6.24. The van der Waals surface area contributed by atoms with Crippen molar-refractivity contribution in [3.8, 4) is 0 Å². The Labute approximate surface area is 95.5 Å². The zero-order valence-electron chi connectivity index (χ0n) is 9.82. The lowest BCUT2D eigenvalue weighted by Crippen LogP contribution is -2.48. The van der Waals surface area contributed by atoms with Crippen LogP contribution in [0, 0.1) is 5.92 Å². The molecule has 2 atom stereocenters. The van der Waals surface area contributed by atoms with E-state index in [-0.39, 0.29) is 18.0 Å². The third-order valence-electron chi connectivity index (χ3n) is 3.33. The highest BCUT2D eigenvalue weighted by Crippen LogP contribution is 2.26. The Kier molecular flexibility index (Phi) is 2.68. The number of rotatable bonds is 2. The lowest BCUT2D eigenvalue weighted by Gasteiger charge is -2.26. The van der Waals surface area contributed by atoms with Crippen LogP contribution in [0.25, 0.3) is 0 Å². The molecular weight excluding hydrogens is 202 g/mol. The SMILES string of the molecule is CC(C)[C@@]1(C)N[C@H](c2ccccn2)NC1=O. The van der Waals surface area contributed by atoms with Gasteiger partial charge in [-0.15, -0.1) is 0 Å². The molecule has 0 saturated carbocycles. The minimum absolute atomic E-state index is 0.0400. The molecule has 1 fully saturated rings. The van der Waals surface area contributed by atoms with Crippen molar-refractivity contribution in [1.82, 2.24) is 15.6 Å². The lowest BCUT2D eigenvalue weighted by molar-refractivity contribution is -0.125. The van der Waals surface area contributed by atoms with Crippen LogP contribution in [-0.2, 0) is 4.79 Å². The highest BCUT2D eigenvalue weighted by Gasteiger charge is 2.45. The summed E-state index contributed by atoms with van der Waals surface area (Å²) in [6, 6.07) is 5.69. The standard InChI is InChI=1S/C12H17N3O/c1-8(2)12(3)11(16)14-10(15-12)9-6-4-5-7-13-9/h4-8,10,15H,1-3H3,(H,14,16)/t10-,12-/m1/s1. The normalized spacial score (nSPS) is 29.5. The van der Waals surface area contributed by atoms with Crippen LogP contribution in [-0.4, -0.2) is 16.4 Å². The summed E-state index contributed by atoms with van der Waals surface area (Å²) in [6.07, 6.45) is 1.55.